The lowest BCUT2D eigenvalue weighted by molar-refractivity contribution is -0.123. The smallest absolute Gasteiger partial charge is 0.257 e. The minimum absolute atomic E-state index is 0.0115. The van der Waals surface area contributed by atoms with Crippen LogP contribution in [0.4, 0.5) is 0 Å². The normalized spacial score (nSPS) is 14.3. The van der Waals surface area contributed by atoms with Gasteiger partial charge in [0.25, 0.3) is 5.91 Å². The van der Waals surface area contributed by atoms with E-state index < -0.39 is 0 Å². The Kier molecular flexibility index (Phi) is 5.24. The molecule has 0 bridgehead atoms. The molecule has 0 aromatic heterocycles. The monoisotopic (exact) mass is 391 g/mol. The third kappa shape index (κ3) is 4.47. The van der Waals surface area contributed by atoms with E-state index in [1.165, 1.54) is 12.8 Å². The van der Waals surface area contributed by atoms with Crippen molar-refractivity contribution in [3.05, 3.63) is 26.6 Å². The molecule has 6 heteroatoms. The fraction of sp³-hybridized carbons (Fsp3) is 0.462. The molecule has 4 nitrogen and oxygen atoms in total. The first-order valence-electron chi connectivity index (χ1n) is 6.08. The van der Waals surface area contributed by atoms with Crippen molar-refractivity contribution in [2.45, 2.75) is 19.4 Å². The molecule has 1 aromatic rings. The number of carbonyl (C=O) groups excluding carboxylic acids is 1. The number of halogens is 2. The van der Waals surface area contributed by atoms with Crippen LogP contribution in [-0.4, -0.2) is 24.2 Å². The van der Waals surface area contributed by atoms with E-state index in [9.17, 15) is 4.79 Å². The molecule has 0 unspecified atom stereocenters. The average Bonchev–Trinajstić information content (AvgIpc) is 3.19. The third-order valence-electron chi connectivity index (χ3n) is 2.87. The lowest BCUT2D eigenvalue weighted by Gasteiger charge is -2.11. The minimum atomic E-state index is -0.114. The van der Waals surface area contributed by atoms with Crippen LogP contribution in [0.15, 0.2) is 21.1 Å². The molecule has 0 saturated heterocycles. The zero-order chi connectivity index (χ0) is 13.8. The summed E-state index contributed by atoms with van der Waals surface area (Å²) in [6.45, 7) is 0.690. The molecule has 1 amide bonds. The predicted molar refractivity (Wildman–Crippen MR) is 79.0 cm³/mol. The van der Waals surface area contributed by atoms with Gasteiger partial charge in [0, 0.05) is 6.54 Å². The molecular weight excluding hydrogens is 378 g/mol. The van der Waals surface area contributed by atoms with E-state index in [1.807, 2.05) is 0 Å². The maximum atomic E-state index is 11.6. The van der Waals surface area contributed by atoms with Crippen molar-refractivity contribution in [2.24, 2.45) is 5.92 Å². The van der Waals surface area contributed by atoms with Crippen LogP contribution in [0.2, 0.25) is 0 Å². The average molecular weight is 393 g/mol. The van der Waals surface area contributed by atoms with Crippen LogP contribution >= 0.6 is 31.9 Å². The van der Waals surface area contributed by atoms with Crippen molar-refractivity contribution in [3.63, 3.8) is 0 Å². The Bertz CT molecular complexity index is 452. The Hall–Kier alpha value is -0.590. The van der Waals surface area contributed by atoms with Crippen molar-refractivity contribution in [1.82, 2.24) is 5.32 Å². The molecule has 1 aromatic carbocycles. The maximum Gasteiger partial charge on any atom is 0.257 e. The van der Waals surface area contributed by atoms with Gasteiger partial charge in [-0.2, -0.15) is 0 Å². The highest BCUT2D eigenvalue weighted by molar-refractivity contribution is 9.11. The molecule has 0 radical (unpaired) electrons. The summed E-state index contributed by atoms with van der Waals surface area (Å²) in [6, 6.07) is 3.53. The van der Waals surface area contributed by atoms with Crippen LogP contribution in [0.5, 0.6) is 5.75 Å². The number of rotatable bonds is 6. The summed E-state index contributed by atoms with van der Waals surface area (Å²) < 4.78 is 6.91. The highest BCUT2D eigenvalue weighted by Gasteiger charge is 2.21. The van der Waals surface area contributed by atoms with E-state index in [0.29, 0.717) is 20.6 Å². The molecule has 0 atom stereocenters. The molecule has 1 saturated carbocycles. The second kappa shape index (κ2) is 6.72. The van der Waals surface area contributed by atoms with Crippen LogP contribution in [0, 0.1) is 5.92 Å². The zero-order valence-electron chi connectivity index (χ0n) is 10.3. The summed E-state index contributed by atoms with van der Waals surface area (Å²) in [6.07, 6.45) is 2.42. The summed E-state index contributed by atoms with van der Waals surface area (Å²) in [5.41, 5.74) is 0.768. The molecule has 1 aliphatic carbocycles. The van der Waals surface area contributed by atoms with Gasteiger partial charge >= 0.3 is 0 Å². The summed E-state index contributed by atoms with van der Waals surface area (Å²) in [5.74, 6) is 1.11. The van der Waals surface area contributed by atoms with E-state index >= 15 is 0 Å². The number of aliphatic hydroxyl groups is 1. The summed E-state index contributed by atoms with van der Waals surface area (Å²) in [4.78, 5) is 11.6. The SMILES string of the molecule is O=C(COc1c(Br)cc(CO)cc1Br)NCC1CC1. The number of hydrogen-bond donors (Lipinski definition) is 2. The van der Waals surface area contributed by atoms with Gasteiger partial charge in [0.1, 0.15) is 5.75 Å². The second-order valence-electron chi connectivity index (χ2n) is 4.58. The number of carbonyl (C=O) groups is 1. The zero-order valence-corrected chi connectivity index (χ0v) is 13.5. The van der Waals surface area contributed by atoms with Gasteiger partial charge in [-0.25, -0.2) is 0 Å². The molecular formula is C13H15Br2NO3. The topological polar surface area (TPSA) is 58.6 Å². The van der Waals surface area contributed by atoms with Crippen LogP contribution in [0.1, 0.15) is 18.4 Å². The fourth-order valence-corrected chi connectivity index (χ4v) is 3.12. The number of hydrogen-bond acceptors (Lipinski definition) is 3. The van der Waals surface area contributed by atoms with Crippen LogP contribution in [0.3, 0.4) is 0 Å². The predicted octanol–water partition coefficient (Wildman–Crippen LogP) is 2.61. The molecule has 0 aliphatic heterocycles. The largest absolute Gasteiger partial charge is 0.481 e. The first-order chi connectivity index (χ1) is 9.10. The minimum Gasteiger partial charge on any atom is -0.481 e. The Balaban J connectivity index is 1.89. The van der Waals surface area contributed by atoms with E-state index in [0.717, 1.165) is 12.1 Å². The standard InChI is InChI=1S/C13H15Br2NO3/c14-10-3-9(6-17)4-11(15)13(10)19-7-12(18)16-5-8-1-2-8/h3-4,8,17H,1-2,5-7H2,(H,16,18). The number of amides is 1. The van der Waals surface area contributed by atoms with Gasteiger partial charge in [-0.1, -0.05) is 0 Å². The molecule has 104 valence electrons. The van der Waals surface area contributed by atoms with Crippen LogP contribution < -0.4 is 10.1 Å². The molecule has 1 aliphatic rings. The highest BCUT2D eigenvalue weighted by atomic mass is 79.9. The lowest BCUT2D eigenvalue weighted by Crippen LogP contribution is -2.30. The van der Waals surface area contributed by atoms with Gasteiger partial charge in [0.2, 0.25) is 0 Å². The van der Waals surface area contributed by atoms with Gasteiger partial charge in [-0.3, -0.25) is 4.79 Å². The van der Waals surface area contributed by atoms with Crippen molar-refractivity contribution in [1.29, 1.82) is 0 Å². The fourth-order valence-electron chi connectivity index (χ4n) is 1.61. The highest BCUT2D eigenvalue weighted by Crippen LogP contribution is 2.34. The Labute approximate surface area is 128 Å². The van der Waals surface area contributed by atoms with E-state index in [1.54, 1.807) is 12.1 Å². The Morgan fingerprint density at radius 1 is 1.37 bits per heavy atom. The van der Waals surface area contributed by atoms with Crippen LogP contribution in [0.25, 0.3) is 0 Å². The lowest BCUT2D eigenvalue weighted by atomic mass is 10.2. The third-order valence-corrected chi connectivity index (χ3v) is 4.05. The Morgan fingerprint density at radius 2 is 2.00 bits per heavy atom. The van der Waals surface area contributed by atoms with E-state index in [-0.39, 0.29) is 19.1 Å². The number of nitrogens with one attached hydrogen (secondary N) is 1. The quantitative estimate of drug-likeness (QED) is 0.782. The number of ether oxygens (including phenoxy) is 1. The number of benzene rings is 1. The molecule has 0 spiro atoms. The summed E-state index contributed by atoms with van der Waals surface area (Å²) in [7, 11) is 0. The molecule has 2 N–H and O–H groups in total. The van der Waals surface area contributed by atoms with E-state index in [4.69, 9.17) is 9.84 Å². The maximum absolute atomic E-state index is 11.6. The van der Waals surface area contributed by atoms with Gasteiger partial charge < -0.3 is 15.2 Å². The van der Waals surface area contributed by atoms with Gasteiger partial charge in [-0.15, -0.1) is 0 Å². The molecule has 2 rings (SSSR count). The number of aliphatic hydroxyl groups excluding tert-OH is 1. The van der Waals surface area contributed by atoms with Crippen LogP contribution in [-0.2, 0) is 11.4 Å². The van der Waals surface area contributed by atoms with E-state index in [2.05, 4.69) is 37.2 Å². The van der Waals surface area contributed by atoms with Gasteiger partial charge in [0.05, 0.1) is 15.6 Å². The first kappa shape index (κ1) is 14.8. The summed E-state index contributed by atoms with van der Waals surface area (Å²) >= 11 is 6.73. The molecule has 19 heavy (non-hydrogen) atoms. The van der Waals surface area contributed by atoms with Crippen molar-refractivity contribution in [2.75, 3.05) is 13.2 Å². The summed E-state index contributed by atoms with van der Waals surface area (Å²) in [5, 5.41) is 11.9. The van der Waals surface area contributed by atoms with Crippen molar-refractivity contribution < 1.29 is 14.6 Å². The van der Waals surface area contributed by atoms with Gasteiger partial charge in [-0.05, 0) is 68.3 Å². The van der Waals surface area contributed by atoms with Gasteiger partial charge in [0.15, 0.2) is 6.61 Å². The van der Waals surface area contributed by atoms with Crippen molar-refractivity contribution >= 4 is 37.8 Å². The molecule has 0 heterocycles. The van der Waals surface area contributed by atoms with Crippen molar-refractivity contribution in [3.8, 4) is 5.75 Å². The Morgan fingerprint density at radius 3 is 2.53 bits per heavy atom. The first-order valence-corrected chi connectivity index (χ1v) is 7.67. The second-order valence-corrected chi connectivity index (χ2v) is 6.29. The molecule has 1 fully saturated rings.